The third-order valence-corrected chi connectivity index (χ3v) is 5.18. The third-order valence-electron chi connectivity index (χ3n) is 4.59. The van der Waals surface area contributed by atoms with Gasteiger partial charge in [-0.15, -0.1) is 0 Å². The minimum Gasteiger partial charge on any atom is -0.497 e. The number of benzene rings is 2. The first-order valence-electron chi connectivity index (χ1n) is 8.94. The van der Waals surface area contributed by atoms with E-state index in [9.17, 15) is 9.18 Å². The maximum absolute atomic E-state index is 13.6. The smallest absolute Gasteiger partial charge is 0.338 e. The van der Waals surface area contributed by atoms with Gasteiger partial charge in [0.2, 0.25) is 0 Å². The van der Waals surface area contributed by atoms with Crippen LogP contribution in [0.4, 0.5) is 10.1 Å². The van der Waals surface area contributed by atoms with Gasteiger partial charge < -0.3 is 14.8 Å². The number of esters is 1. The molecule has 0 radical (unpaired) electrons. The highest BCUT2D eigenvalue weighted by atomic mass is 35.5. The second-order valence-electron chi connectivity index (χ2n) is 6.31. The number of anilines is 1. The Kier molecular flexibility index (Phi) is 6.39. The molecule has 0 aromatic heterocycles. The number of rotatable bonds is 5. The zero-order valence-corrected chi connectivity index (χ0v) is 17.7. The summed E-state index contributed by atoms with van der Waals surface area (Å²) in [6.07, 6.45) is 0. The van der Waals surface area contributed by atoms with Gasteiger partial charge in [0, 0.05) is 11.4 Å². The minimum atomic E-state index is -0.533. The number of ether oxygens (including phenoxy) is 2. The predicted octanol–water partition coefficient (Wildman–Crippen LogP) is 4.76. The Hall–Kier alpha value is -2.64. The lowest BCUT2D eigenvalue weighted by Crippen LogP contribution is -2.48. The Balaban J connectivity index is 2.11. The molecule has 0 aliphatic carbocycles. The Bertz CT molecular complexity index is 978. The Morgan fingerprint density at radius 3 is 2.55 bits per heavy atom. The molecule has 0 saturated carbocycles. The van der Waals surface area contributed by atoms with Gasteiger partial charge >= 0.3 is 5.97 Å². The molecule has 0 bridgehead atoms. The Morgan fingerprint density at radius 2 is 1.97 bits per heavy atom. The van der Waals surface area contributed by atoms with Crippen LogP contribution < -0.4 is 15.0 Å². The average Bonchev–Trinajstić information content (AvgIpc) is 2.70. The first-order chi connectivity index (χ1) is 13.9. The SMILES string of the molecule is CCOC(=O)C1=C(C)N(c2ccc(F)c(Cl)c2)C(=S)NC1c1ccc(OC)cc1. The molecule has 0 saturated heterocycles. The molecule has 1 aliphatic rings. The second kappa shape index (κ2) is 8.80. The van der Waals surface area contributed by atoms with Crippen molar-refractivity contribution in [1.82, 2.24) is 5.32 Å². The highest BCUT2D eigenvalue weighted by Gasteiger charge is 2.35. The number of nitrogens with zero attached hydrogens (tertiary/aromatic N) is 1. The van der Waals surface area contributed by atoms with Gasteiger partial charge in [-0.2, -0.15) is 0 Å². The zero-order chi connectivity index (χ0) is 21.1. The lowest BCUT2D eigenvalue weighted by molar-refractivity contribution is -0.139. The first-order valence-corrected chi connectivity index (χ1v) is 9.73. The first kappa shape index (κ1) is 21.1. The minimum absolute atomic E-state index is 0.0342. The molecular formula is C21H20ClFN2O3S. The van der Waals surface area contributed by atoms with Gasteiger partial charge in [-0.25, -0.2) is 9.18 Å². The molecule has 3 rings (SSSR count). The van der Waals surface area contributed by atoms with Crippen molar-refractivity contribution in [3.63, 3.8) is 0 Å². The molecule has 0 amide bonds. The van der Waals surface area contributed by atoms with Crippen molar-refractivity contribution in [2.24, 2.45) is 0 Å². The lowest BCUT2D eigenvalue weighted by atomic mass is 9.94. The summed E-state index contributed by atoms with van der Waals surface area (Å²) in [5.74, 6) is -0.290. The van der Waals surface area contributed by atoms with E-state index in [1.54, 1.807) is 31.9 Å². The largest absolute Gasteiger partial charge is 0.497 e. The zero-order valence-electron chi connectivity index (χ0n) is 16.2. The number of thiocarbonyl (C=S) groups is 1. The molecule has 1 N–H and O–H groups in total. The summed E-state index contributed by atoms with van der Waals surface area (Å²) in [4.78, 5) is 14.5. The number of nitrogens with one attached hydrogen (secondary N) is 1. The fourth-order valence-corrected chi connectivity index (χ4v) is 3.73. The summed E-state index contributed by atoms with van der Waals surface area (Å²) in [5.41, 5.74) is 2.36. The molecule has 5 nitrogen and oxygen atoms in total. The van der Waals surface area contributed by atoms with Crippen molar-refractivity contribution >= 4 is 40.6 Å². The van der Waals surface area contributed by atoms with E-state index in [0.717, 1.165) is 5.56 Å². The van der Waals surface area contributed by atoms with Crippen LogP contribution in [0.15, 0.2) is 53.7 Å². The summed E-state index contributed by atoms with van der Waals surface area (Å²) in [5, 5.41) is 3.52. The molecule has 1 unspecified atom stereocenters. The summed E-state index contributed by atoms with van der Waals surface area (Å²) < 4.78 is 24.1. The van der Waals surface area contributed by atoms with Crippen LogP contribution in [-0.2, 0) is 9.53 Å². The summed E-state index contributed by atoms with van der Waals surface area (Å²) in [6.45, 7) is 3.75. The van der Waals surface area contributed by atoms with Crippen LogP contribution in [0.3, 0.4) is 0 Å². The van der Waals surface area contributed by atoms with Crippen molar-refractivity contribution in [2.45, 2.75) is 19.9 Å². The van der Waals surface area contributed by atoms with E-state index in [0.29, 0.717) is 27.8 Å². The molecular weight excluding hydrogens is 415 g/mol. The maximum atomic E-state index is 13.6. The fraction of sp³-hybridized carbons (Fsp3) is 0.238. The van der Waals surface area contributed by atoms with Crippen LogP contribution in [-0.4, -0.2) is 24.8 Å². The number of carbonyl (C=O) groups excluding carboxylic acids is 1. The van der Waals surface area contributed by atoms with Gasteiger partial charge in [0.05, 0.1) is 30.4 Å². The van der Waals surface area contributed by atoms with Crippen molar-refractivity contribution in [3.8, 4) is 5.75 Å². The van der Waals surface area contributed by atoms with Crippen LogP contribution in [0.1, 0.15) is 25.5 Å². The van der Waals surface area contributed by atoms with Crippen molar-refractivity contribution in [3.05, 3.63) is 70.1 Å². The molecule has 1 atom stereocenters. The van der Waals surface area contributed by atoms with E-state index in [4.69, 9.17) is 33.3 Å². The van der Waals surface area contributed by atoms with Gasteiger partial charge in [-0.05, 0) is 62.0 Å². The topological polar surface area (TPSA) is 50.8 Å². The van der Waals surface area contributed by atoms with E-state index in [1.165, 1.54) is 12.1 Å². The van der Waals surface area contributed by atoms with E-state index >= 15 is 0 Å². The third kappa shape index (κ3) is 4.21. The fourth-order valence-electron chi connectivity index (χ4n) is 3.20. The highest BCUT2D eigenvalue weighted by Crippen LogP contribution is 2.35. The van der Waals surface area contributed by atoms with Crippen LogP contribution in [0, 0.1) is 5.82 Å². The molecule has 152 valence electrons. The molecule has 8 heteroatoms. The highest BCUT2D eigenvalue weighted by molar-refractivity contribution is 7.80. The molecule has 0 spiro atoms. The van der Waals surface area contributed by atoms with E-state index in [2.05, 4.69) is 5.32 Å². The van der Waals surface area contributed by atoms with Gasteiger partial charge in [0.25, 0.3) is 0 Å². The predicted molar refractivity (Wildman–Crippen MR) is 115 cm³/mol. The van der Waals surface area contributed by atoms with Crippen molar-refractivity contribution in [1.29, 1.82) is 0 Å². The Labute approximate surface area is 179 Å². The van der Waals surface area contributed by atoms with Crippen molar-refractivity contribution in [2.75, 3.05) is 18.6 Å². The molecule has 29 heavy (non-hydrogen) atoms. The molecule has 2 aromatic carbocycles. The lowest BCUT2D eigenvalue weighted by Gasteiger charge is -2.37. The molecule has 1 aliphatic heterocycles. The summed E-state index contributed by atoms with van der Waals surface area (Å²) in [7, 11) is 1.59. The average molecular weight is 435 g/mol. The van der Waals surface area contributed by atoms with Gasteiger partial charge in [-0.3, -0.25) is 4.90 Å². The monoisotopic (exact) mass is 434 g/mol. The van der Waals surface area contributed by atoms with Crippen LogP contribution in [0.25, 0.3) is 0 Å². The number of carbonyl (C=O) groups is 1. The van der Waals surface area contributed by atoms with Gasteiger partial charge in [0.1, 0.15) is 11.6 Å². The van der Waals surface area contributed by atoms with E-state index in [1.807, 2.05) is 24.3 Å². The van der Waals surface area contributed by atoms with Crippen LogP contribution in [0.5, 0.6) is 5.75 Å². The van der Waals surface area contributed by atoms with Gasteiger partial charge in [-0.1, -0.05) is 23.7 Å². The van der Waals surface area contributed by atoms with Crippen LogP contribution in [0.2, 0.25) is 5.02 Å². The van der Waals surface area contributed by atoms with Gasteiger partial charge in [0.15, 0.2) is 5.11 Å². The summed E-state index contributed by atoms with van der Waals surface area (Å²) >= 11 is 11.5. The second-order valence-corrected chi connectivity index (χ2v) is 7.10. The molecule has 0 fully saturated rings. The normalized spacial score (nSPS) is 16.5. The maximum Gasteiger partial charge on any atom is 0.338 e. The number of hydrogen-bond donors (Lipinski definition) is 1. The molecule has 1 heterocycles. The standard InChI is InChI=1S/C21H20ClFN2O3S/c1-4-28-20(26)18-12(2)25(14-7-10-17(23)16(22)11-14)21(29)24-19(18)13-5-8-15(27-3)9-6-13/h5-11,19H,4H2,1-3H3,(H,24,29). The van der Waals surface area contributed by atoms with Crippen molar-refractivity contribution < 1.29 is 18.7 Å². The van der Waals surface area contributed by atoms with Crippen LogP contribution >= 0.6 is 23.8 Å². The van der Waals surface area contributed by atoms with E-state index in [-0.39, 0.29) is 11.6 Å². The summed E-state index contributed by atoms with van der Waals surface area (Å²) in [6, 6.07) is 11.1. The molecule has 2 aromatic rings. The number of allylic oxidation sites excluding steroid dienone is 1. The quantitative estimate of drug-likeness (QED) is 0.541. The number of methoxy groups -OCH3 is 1. The number of halogens is 2. The Morgan fingerprint density at radius 1 is 1.28 bits per heavy atom. The van der Waals surface area contributed by atoms with E-state index < -0.39 is 17.8 Å². The number of hydrogen-bond acceptors (Lipinski definition) is 4.